The third-order valence-electron chi connectivity index (χ3n) is 1.60. The molecule has 0 radical (unpaired) electrons. The molecular weight excluding hydrogens is 190 g/mol. The first-order chi connectivity index (χ1) is 7.33. The van der Waals surface area contributed by atoms with E-state index in [2.05, 4.69) is 4.98 Å². The van der Waals surface area contributed by atoms with Crippen molar-refractivity contribution in [2.24, 2.45) is 0 Å². The normalized spacial score (nSPS) is 8.53. The van der Waals surface area contributed by atoms with Gasteiger partial charge in [0, 0.05) is 18.0 Å². The molecule has 15 heavy (non-hydrogen) atoms. The van der Waals surface area contributed by atoms with Gasteiger partial charge in [-0.1, -0.05) is 6.07 Å². The molecule has 0 amide bonds. The van der Waals surface area contributed by atoms with Crippen molar-refractivity contribution in [3.63, 3.8) is 0 Å². The van der Waals surface area contributed by atoms with E-state index < -0.39 is 0 Å². The molecule has 0 unspecified atom stereocenters. The molecule has 2 aromatic rings. The molecule has 0 fully saturated rings. The number of nitrogens with zero attached hydrogens (tertiary/aromatic N) is 1. The third-order valence-corrected chi connectivity index (χ3v) is 1.60. The van der Waals surface area contributed by atoms with Crippen LogP contribution in [0.1, 0.15) is 10.4 Å². The zero-order valence-corrected chi connectivity index (χ0v) is 8.08. The van der Waals surface area contributed by atoms with Crippen molar-refractivity contribution in [1.82, 2.24) is 4.98 Å². The van der Waals surface area contributed by atoms with Crippen molar-refractivity contribution in [1.29, 1.82) is 0 Å². The summed E-state index contributed by atoms with van der Waals surface area (Å²) in [6.07, 6.45) is 4.24. The molecule has 0 spiro atoms. The maximum Gasteiger partial charge on any atom is 0.150 e. The van der Waals surface area contributed by atoms with E-state index in [1.165, 1.54) is 12.1 Å². The lowest BCUT2D eigenvalue weighted by Gasteiger charge is -1.88. The minimum atomic E-state index is 0.181. The maximum atomic E-state index is 10.0. The second-order valence-electron chi connectivity index (χ2n) is 2.73. The Hall–Kier alpha value is -2.16. The molecule has 3 heteroatoms. The number of hydrogen-bond donors (Lipinski definition) is 1. The Morgan fingerprint density at radius 3 is 1.93 bits per heavy atom. The standard InChI is InChI=1S/C7H6O2.C5H5N/c8-5-6-1-3-7(9)4-2-6;1-2-4-6-5-3-1/h1-5,9H;1-5H. The van der Waals surface area contributed by atoms with Crippen LogP contribution in [0.15, 0.2) is 54.9 Å². The molecule has 0 bridgehead atoms. The van der Waals surface area contributed by atoms with Crippen LogP contribution in [0.25, 0.3) is 0 Å². The van der Waals surface area contributed by atoms with E-state index in [0.29, 0.717) is 5.56 Å². The summed E-state index contributed by atoms with van der Waals surface area (Å²) >= 11 is 0. The molecule has 0 aliphatic heterocycles. The van der Waals surface area contributed by atoms with E-state index in [4.69, 9.17) is 5.11 Å². The number of aromatic nitrogens is 1. The number of benzene rings is 1. The Kier molecular flexibility index (Phi) is 4.60. The summed E-state index contributed by atoms with van der Waals surface area (Å²) in [7, 11) is 0. The molecule has 0 saturated carbocycles. The molecule has 0 aliphatic carbocycles. The minimum absolute atomic E-state index is 0.181. The van der Waals surface area contributed by atoms with Crippen LogP contribution in [-0.4, -0.2) is 16.4 Å². The van der Waals surface area contributed by atoms with Crippen LogP contribution in [0.4, 0.5) is 0 Å². The van der Waals surface area contributed by atoms with Gasteiger partial charge in [-0.05, 0) is 36.4 Å². The first-order valence-electron chi connectivity index (χ1n) is 4.42. The van der Waals surface area contributed by atoms with Crippen molar-refractivity contribution >= 4 is 6.29 Å². The van der Waals surface area contributed by atoms with Crippen molar-refractivity contribution in [3.05, 3.63) is 60.4 Å². The first kappa shape index (κ1) is 10.9. The molecule has 3 nitrogen and oxygen atoms in total. The minimum Gasteiger partial charge on any atom is -0.508 e. The molecule has 1 N–H and O–H groups in total. The molecule has 0 saturated heterocycles. The van der Waals surface area contributed by atoms with Crippen molar-refractivity contribution in [2.45, 2.75) is 0 Å². The summed E-state index contributed by atoms with van der Waals surface area (Å²) in [6, 6.07) is 11.8. The Morgan fingerprint density at radius 2 is 1.60 bits per heavy atom. The third kappa shape index (κ3) is 4.57. The lowest BCUT2D eigenvalue weighted by Crippen LogP contribution is -1.74. The number of rotatable bonds is 1. The fourth-order valence-corrected chi connectivity index (χ4v) is 0.865. The average Bonchev–Trinajstić information content (AvgIpc) is 2.33. The van der Waals surface area contributed by atoms with Gasteiger partial charge in [0.25, 0.3) is 0 Å². The summed E-state index contributed by atoms with van der Waals surface area (Å²) in [5, 5.41) is 8.74. The van der Waals surface area contributed by atoms with Gasteiger partial charge in [-0.2, -0.15) is 0 Å². The average molecular weight is 201 g/mol. The van der Waals surface area contributed by atoms with E-state index in [0.717, 1.165) is 6.29 Å². The lowest BCUT2D eigenvalue weighted by molar-refractivity contribution is 0.112. The van der Waals surface area contributed by atoms with Gasteiger partial charge < -0.3 is 5.11 Å². The summed E-state index contributed by atoms with van der Waals surface area (Å²) in [4.78, 5) is 13.8. The number of aromatic hydroxyl groups is 1. The zero-order valence-electron chi connectivity index (χ0n) is 8.08. The Labute approximate surface area is 88.0 Å². The maximum absolute atomic E-state index is 10.0. The molecule has 0 aliphatic rings. The summed E-state index contributed by atoms with van der Waals surface area (Å²) in [6.45, 7) is 0. The monoisotopic (exact) mass is 201 g/mol. The highest BCUT2D eigenvalue weighted by Gasteiger charge is 1.86. The number of phenolic OH excluding ortho intramolecular Hbond substituents is 1. The second kappa shape index (κ2) is 6.32. The van der Waals surface area contributed by atoms with Crippen molar-refractivity contribution in [2.75, 3.05) is 0 Å². The van der Waals surface area contributed by atoms with Gasteiger partial charge >= 0.3 is 0 Å². The Morgan fingerprint density at radius 1 is 1.00 bits per heavy atom. The van der Waals surface area contributed by atoms with Crippen LogP contribution in [0.5, 0.6) is 5.75 Å². The predicted octanol–water partition coefficient (Wildman–Crippen LogP) is 2.29. The fraction of sp³-hybridized carbons (Fsp3) is 0. The van der Waals surface area contributed by atoms with Gasteiger partial charge in [0.2, 0.25) is 0 Å². The number of carbonyl (C=O) groups is 1. The van der Waals surface area contributed by atoms with Crippen LogP contribution in [0.3, 0.4) is 0 Å². The van der Waals surface area contributed by atoms with Gasteiger partial charge in [0.1, 0.15) is 12.0 Å². The van der Waals surface area contributed by atoms with E-state index in [1.54, 1.807) is 24.5 Å². The summed E-state index contributed by atoms with van der Waals surface area (Å²) in [5.41, 5.74) is 0.577. The smallest absolute Gasteiger partial charge is 0.150 e. The molecule has 76 valence electrons. The van der Waals surface area contributed by atoms with E-state index in [9.17, 15) is 4.79 Å². The number of carbonyl (C=O) groups excluding carboxylic acids is 1. The molecule has 1 heterocycles. The number of hydrogen-bond acceptors (Lipinski definition) is 3. The van der Waals surface area contributed by atoms with Crippen LogP contribution in [0.2, 0.25) is 0 Å². The van der Waals surface area contributed by atoms with Crippen molar-refractivity contribution in [3.8, 4) is 5.75 Å². The van der Waals surface area contributed by atoms with Gasteiger partial charge in [-0.15, -0.1) is 0 Å². The van der Waals surface area contributed by atoms with Gasteiger partial charge in [-0.3, -0.25) is 9.78 Å². The Balaban J connectivity index is 0.000000162. The van der Waals surface area contributed by atoms with Crippen LogP contribution >= 0.6 is 0 Å². The lowest BCUT2D eigenvalue weighted by atomic mass is 10.2. The molecule has 0 atom stereocenters. The zero-order chi connectivity index (χ0) is 10.9. The highest BCUT2D eigenvalue weighted by atomic mass is 16.3. The number of aldehydes is 1. The highest BCUT2D eigenvalue weighted by molar-refractivity contribution is 5.74. The molecule has 1 aromatic heterocycles. The Bertz CT molecular complexity index is 357. The number of phenols is 1. The highest BCUT2D eigenvalue weighted by Crippen LogP contribution is 2.07. The van der Waals surface area contributed by atoms with Gasteiger partial charge in [0.05, 0.1) is 0 Å². The van der Waals surface area contributed by atoms with E-state index >= 15 is 0 Å². The first-order valence-corrected chi connectivity index (χ1v) is 4.42. The molecule has 2 rings (SSSR count). The largest absolute Gasteiger partial charge is 0.508 e. The molecular formula is C12H11NO2. The predicted molar refractivity (Wildman–Crippen MR) is 57.7 cm³/mol. The SMILES string of the molecule is O=Cc1ccc(O)cc1.c1ccncc1. The van der Waals surface area contributed by atoms with Crippen LogP contribution < -0.4 is 0 Å². The second-order valence-corrected chi connectivity index (χ2v) is 2.73. The summed E-state index contributed by atoms with van der Waals surface area (Å²) < 4.78 is 0. The van der Waals surface area contributed by atoms with Crippen molar-refractivity contribution < 1.29 is 9.90 Å². The molecule has 1 aromatic carbocycles. The quantitative estimate of drug-likeness (QED) is 0.720. The number of pyridine rings is 1. The van der Waals surface area contributed by atoms with Gasteiger partial charge in [0.15, 0.2) is 0 Å². The fourth-order valence-electron chi connectivity index (χ4n) is 0.865. The van der Waals surface area contributed by atoms with Crippen LogP contribution in [-0.2, 0) is 0 Å². The van der Waals surface area contributed by atoms with E-state index in [-0.39, 0.29) is 5.75 Å². The summed E-state index contributed by atoms with van der Waals surface area (Å²) in [5.74, 6) is 0.181. The van der Waals surface area contributed by atoms with Gasteiger partial charge in [-0.25, -0.2) is 0 Å². The topological polar surface area (TPSA) is 50.2 Å². The van der Waals surface area contributed by atoms with Crippen LogP contribution in [0, 0.1) is 0 Å². The van der Waals surface area contributed by atoms with E-state index in [1.807, 2.05) is 18.2 Å².